The molecule has 33 heavy (non-hydrogen) atoms. The van der Waals surface area contributed by atoms with E-state index >= 15 is 0 Å². The molecule has 0 bridgehead atoms. The van der Waals surface area contributed by atoms with E-state index in [0.717, 1.165) is 48.1 Å². The van der Waals surface area contributed by atoms with E-state index in [9.17, 15) is 0 Å². The fourth-order valence-electron chi connectivity index (χ4n) is 3.03. The van der Waals surface area contributed by atoms with E-state index in [1.54, 1.807) is 25.8 Å². The molecule has 0 spiro atoms. The molecule has 0 saturated heterocycles. The first-order valence-corrected chi connectivity index (χ1v) is 12.4. The average molecular weight is 469 g/mol. The van der Waals surface area contributed by atoms with Crippen molar-refractivity contribution in [1.29, 1.82) is 0 Å². The van der Waals surface area contributed by atoms with Crippen LogP contribution in [0.2, 0.25) is 0 Å². The highest BCUT2D eigenvalue weighted by molar-refractivity contribution is 8.01. The summed E-state index contributed by atoms with van der Waals surface area (Å²) in [6.45, 7) is 11.6. The molecule has 1 aliphatic rings. The summed E-state index contributed by atoms with van der Waals surface area (Å²) < 4.78 is 5.53. The van der Waals surface area contributed by atoms with E-state index in [4.69, 9.17) is 5.11 Å². The lowest BCUT2D eigenvalue weighted by molar-refractivity contribution is 0.216. The van der Waals surface area contributed by atoms with Gasteiger partial charge in [-0.3, -0.25) is 9.29 Å². The number of nitrogens with one attached hydrogen (secondary N) is 1. The molecule has 0 saturated carbocycles. The Morgan fingerprint density at radius 1 is 1.09 bits per heavy atom. The highest BCUT2D eigenvalue weighted by Crippen LogP contribution is 2.27. The minimum absolute atomic E-state index is 0.167. The Balaban J connectivity index is 0.000000582. The number of anilines is 1. The zero-order valence-electron chi connectivity index (χ0n) is 20.5. The molecule has 3 aromatic rings. The molecule has 178 valence electrons. The number of allylic oxidation sites excluding steroid dienone is 1. The number of rotatable bonds is 5. The van der Waals surface area contributed by atoms with Gasteiger partial charge in [-0.15, -0.1) is 10.2 Å². The predicted octanol–water partition coefficient (Wildman–Crippen LogP) is 5.43. The molecule has 1 unspecified atom stereocenters. The van der Waals surface area contributed by atoms with Crippen molar-refractivity contribution < 1.29 is 5.11 Å². The number of fused-ring (bicyclic) bond motifs is 3. The summed E-state index contributed by atoms with van der Waals surface area (Å²) in [6.07, 6.45) is 10.5. The first-order chi connectivity index (χ1) is 15.9. The smallest absolute Gasteiger partial charge is 0.239 e. The van der Waals surface area contributed by atoms with Crippen LogP contribution < -0.4 is 4.72 Å². The van der Waals surface area contributed by atoms with Crippen LogP contribution in [0.3, 0.4) is 0 Å². The summed E-state index contributed by atoms with van der Waals surface area (Å²) in [6, 6.07) is 8.33. The SMILES string of the molecule is CC.CC(C)O.Cc1cnc(CC(C)SNc2nnc3n2-c2ccccc2/C=C\CC3)nc1. The molecule has 0 aliphatic carbocycles. The van der Waals surface area contributed by atoms with Crippen LogP contribution in [0.25, 0.3) is 11.8 Å². The predicted molar refractivity (Wildman–Crippen MR) is 139 cm³/mol. The molecule has 0 amide bonds. The van der Waals surface area contributed by atoms with E-state index in [-0.39, 0.29) is 6.10 Å². The van der Waals surface area contributed by atoms with E-state index in [1.807, 2.05) is 39.2 Å². The van der Waals surface area contributed by atoms with Crippen molar-refractivity contribution in [2.45, 2.75) is 72.2 Å². The van der Waals surface area contributed by atoms with Crippen molar-refractivity contribution in [3.63, 3.8) is 0 Å². The second-order valence-corrected chi connectivity index (χ2v) is 9.02. The third kappa shape index (κ3) is 8.29. The quantitative estimate of drug-likeness (QED) is 0.483. The van der Waals surface area contributed by atoms with E-state index in [2.05, 4.69) is 66.7 Å². The van der Waals surface area contributed by atoms with Crippen LogP contribution in [0.1, 0.15) is 63.8 Å². The van der Waals surface area contributed by atoms with Crippen LogP contribution in [0.15, 0.2) is 42.7 Å². The van der Waals surface area contributed by atoms with E-state index < -0.39 is 0 Å². The number of aliphatic hydroxyl groups is 1. The van der Waals surface area contributed by atoms with Gasteiger partial charge in [-0.2, -0.15) is 0 Å². The first kappa shape index (κ1) is 26.5. The molecule has 3 heterocycles. The Bertz CT molecular complexity index is 998. The minimum atomic E-state index is -0.167. The molecule has 8 heteroatoms. The van der Waals surface area contributed by atoms with Crippen molar-refractivity contribution in [2.75, 3.05) is 4.72 Å². The highest BCUT2D eigenvalue weighted by Gasteiger charge is 2.18. The summed E-state index contributed by atoms with van der Waals surface area (Å²) in [5.74, 6) is 2.59. The Kier molecular flexibility index (Phi) is 11.1. The van der Waals surface area contributed by atoms with Crippen LogP contribution >= 0.6 is 11.9 Å². The zero-order chi connectivity index (χ0) is 24.2. The summed E-state index contributed by atoms with van der Waals surface area (Å²) in [5, 5.41) is 17.2. The van der Waals surface area contributed by atoms with Crippen molar-refractivity contribution >= 4 is 24.0 Å². The van der Waals surface area contributed by atoms with Crippen LogP contribution in [0, 0.1) is 6.92 Å². The lowest BCUT2D eigenvalue weighted by Crippen LogP contribution is -2.11. The van der Waals surface area contributed by atoms with Gasteiger partial charge < -0.3 is 5.11 Å². The van der Waals surface area contributed by atoms with Gasteiger partial charge >= 0.3 is 0 Å². The van der Waals surface area contributed by atoms with E-state index in [1.165, 1.54) is 5.56 Å². The number of aryl methyl sites for hydroxylation is 2. The van der Waals surface area contributed by atoms with Crippen molar-refractivity contribution in [3.8, 4) is 5.69 Å². The maximum Gasteiger partial charge on any atom is 0.239 e. The van der Waals surface area contributed by atoms with Crippen molar-refractivity contribution in [3.05, 3.63) is 65.5 Å². The Hall–Kier alpha value is -2.71. The lowest BCUT2D eigenvalue weighted by Gasteiger charge is -2.16. The number of aromatic nitrogens is 5. The van der Waals surface area contributed by atoms with Gasteiger partial charge in [-0.1, -0.05) is 51.1 Å². The molecule has 4 rings (SSSR count). The molecular weight excluding hydrogens is 432 g/mol. The summed E-state index contributed by atoms with van der Waals surface area (Å²) >= 11 is 1.62. The molecule has 1 atom stereocenters. The fraction of sp³-hybridized carbons (Fsp3) is 0.440. The number of benzene rings is 1. The molecule has 1 aliphatic heterocycles. The third-order valence-corrected chi connectivity index (χ3v) is 5.27. The average Bonchev–Trinajstić information content (AvgIpc) is 3.18. The molecule has 0 radical (unpaired) electrons. The second-order valence-electron chi connectivity index (χ2n) is 7.78. The summed E-state index contributed by atoms with van der Waals surface area (Å²) in [5.41, 5.74) is 3.35. The first-order valence-electron chi connectivity index (χ1n) is 11.5. The molecule has 7 nitrogen and oxygen atoms in total. The Morgan fingerprint density at radius 2 is 1.76 bits per heavy atom. The normalized spacial score (nSPS) is 13.7. The third-order valence-electron chi connectivity index (χ3n) is 4.40. The topological polar surface area (TPSA) is 88.8 Å². The minimum Gasteiger partial charge on any atom is -0.394 e. The number of para-hydroxylation sites is 1. The van der Waals surface area contributed by atoms with Gasteiger partial charge in [0.1, 0.15) is 11.6 Å². The lowest BCUT2D eigenvalue weighted by atomic mass is 10.1. The van der Waals surface area contributed by atoms with Gasteiger partial charge in [0, 0.05) is 36.6 Å². The number of hydrogen-bond donors (Lipinski definition) is 2. The maximum absolute atomic E-state index is 8.06. The van der Waals surface area contributed by atoms with Gasteiger partial charge in [0.2, 0.25) is 5.95 Å². The fourth-order valence-corrected chi connectivity index (χ4v) is 3.70. The van der Waals surface area contributed by atoms with Gasteiger partial charge in [0.05, 0.1) is 5.69 Å². The number of hydrogen-bond acceptors (Lipinski definition) is 7. The van der Waals surface area contributed by atoms with Gasteiger partial charge in [-0.05, 0) is 56.3 Å². The number of nitrogens with zero attached hydrogens (tertiary/aromatic N) is 5. The molecular formula is C25H36N6OS. The molecule has 2 aromatic heterocycles. The van der Waals surface area contributed by atoms with Crippen molar-refractivity contribution in [2.24, 2.45) is 0 Å². The summed E-state index contributed by atoms with van der Waals surface area (Å²) in [4.78, 5) is 8.79. The number of aliphatic hydroxyl groups excluding tert-OH is 1. The van der Waals surface area contributed by atoms with Gasteiger partial charge in [-0.25, -0.2) is 9.97 Å². The Morgan fingerprint density at radius 3 is 2.45 bits per heavy atom. The van der Waals surface area contributed by atoms with Crippen LogP contribution in [0.4, 0.5) is 5.95 Å². The molecule has 0 fully saturated rings. The summed E-state index contributed by atoms with van der Waals surface area (Å²) in [7, 11) is 0. The monoisotopic (exact) mass is 468 g/mol. The maximum atomic E-state index is 8.06. The van der Waals surface area contributed by atoms with Gasteiger partial charge in [0.15, 0.2) is 0 Å². The van der Waals surface area contributed by atoms with E-state index in [0.29, 0.717) is 5.25 Å². The van der Waals surface area contributed by atoms with Crippen LogP contribution in [-0.2, 0) is 12.8 Å². The van der Waals surface area contributed by atoms with Gasteiger partial charge in [0.25, 0.3) is 0 Å². The van der Waals surface area contributed by atoms with Crippen molar-refractivity contribution in [1.82, 2.24) is 24.7 Å². The highest BCUT2D eigenvalue weighted by atomic mass is 32.2. The Labute approximate surface area is 201 Å². The van der Waals surface area contributed by atoms with Crippen LogP contribution in [-0.4, -0.2) is 41.2 Å². The van der Waals surface area contributed by atoms with Crippen LogP contribution in [0.5, 0.6) is 0 Å². The molecule has 1 aromatic carbocycles. The largest absolute Gasteiger partial charge is 0.394 e. The standard InChI is InChI=1S/C20H22N6S.C3H8O.C2H6/c1-14-12-21-18(22-13-14)11-15(2)27-25-20-24-23-19-10-6-4-8-16-7-3-5-9-17(16)26(19)20;1-3(2)4;1-2/h3-5,7-9,12-13,15H,6,10-11H2,1-2H3,(H,24,25);3-4H,1-2H3;1-2H3/b8-4-;;. The molecule has 2 N–H and O–H groups in total. The second kappa shape index (κ2) is 13.7. The zero-order valence-corrected chi connectivity index (χ0v) is 21.3.